The smallest absolute Gasteiger partial charge is 0.158 e. The third-order valence-corrected chi connectivity index (χ3v) is 2.82. The number of benzene rings is 1. The molecule has 5 heteroatoms. The molecule has 0 spiro atoms. The van der Waals surface area contributed by atoms with Crippen molar-refractivity contribution < 1.29 is 0 Å². The van der Waals surface area contributed by atoms with Crippen molar-refractivity contribution in [2.75, 3.05) is 11.1 Å². The lowest BCUT2D eigenvalue weighted by Crippen LogP contribution is -1.95. The van der Waals surface area contributed by atoms with Gasteiger partial charge in [0, 0.05) is 24.6 Å². The number of anilines is 3. The van der Waals surface area contributed by atoms with Gasteiger partial charge in [0.25, 0.3) is 0 Å². The van der Waals surface area contributed by atoms with Crippen LogP contribution in [-0.4, -0.2) is 14.5 Å². The van der Waals surface area contributed by atoms with Crippen LogP contribution in [0, 0.1) is 0 Å². The number of rotatable bonds is 2. The number of nitrogens with zero attached hydrogens (tertiary/aromatic N) is 3. The van der Waals surface area contributed by atoms with Crippen molar-refractivity contribution >= 4 is 28.2 Å². The van der Waals surface area contributed by atoms with E-state index in [0.717, 1.165) is 28.2 Å². The summed E-state index contributed by atoms with van der Waals surface area (Å²) in [4.78, 5) is 8.66. The molecule has 0 unspecified atom stereocenters. The van der Waals surface area contributed by atoms with Crippen molar-refractivity contribution in [1.29, 1.82) is 0 Å². The number of pyridine rings is 1. The third-order valence-electron chi connectivity index (χ3n) is 2.82. The number of nitrogens with one attached hydrogen (secondary N) is 1. The number of aromatic nitrogens is 3. The number of imidazole rings is 1. The quantitative estimate of drug-likeness (QED) is 0.673. The van der Waals surface area contributed by atoms with E-state index < -0.39 is 0 Å². The molecule has 0 bridgehead atoms. The zero-order valence-corrected chi connectivity index (χ0v) is 9.96. The number of hydrogen-bond donors (Lipinski definition) is 2. The molecule has 5 nitrogen and oxygen atoms in total. The Kier molecular flexibility index (Phi) is 2.37. The van der Waals surface area contributed by atoms with E-state index >= 15 is 0 Å². The Bertz CT molecular complexity index is 684. The Morgan fingerprint density at radius 2 is 1.89 bits per heavy atom. The van der Waals surface area contributed by atoms with Crippen LogP contribution < -0.4 is 11.1 Å². The average molecular weight is 239 g/mol. The van der Waals surface area contributed by atoms with Gasteiger partial charge in [-0.3, -0.25) is 0 Å². The van der Waals surface area contributed by atoms with E-state index in [1.165, 1.54) is 0 Å². The molecule has 0 atom stereocenters. The molecule has 0 aliphatic carbocycles. The first-order chi connectivity index (χ1) is 8.74. The van der Waals surface area contributed by atoms with Crippen molar-refractivity contribution in [3.05, 3.63) is 42.9 Å². The van der Waals surface area contributed by atoms with Gasteiger partial charge in [-0.05, 0) is 30.3 Å². The maximum Gasteiger partial charge on any atom is 0.158 e. The standard InChI is InChI=1S/C13H13N5/c1-18-8-16-12-11(18)6-7-15-13(12)17-10-4-2-9(14)3-5-10/h2-8H,14H2,1H3,(H,15,17). The predicted molar refractivity (Wildman–Crippen MR) is 72.6 cm³/mol. The van der Waals surface area contributed by atoms with Gasteiger partial charge in [-0.25, -0.2) is 9.97 Å². The van der Waals surface area contributed by atoms with Crippen LogP contribution in [0.5, 0.6) is 0 Å². The SMILES string of the molecule is Cn1cnc2c(Nc3ccc(N)cc3)nccc21. The molecule has 0 saturated carbocycles. The highest BCUT2D eigenvalue weighted by Gasteiger charge is 2.06. The van der Waals surface area contributed by atoms with E-state index in [0.29, 0.717) is 0 Å². The molecule has 0 amide bonds. The first kappa shape index (κ1) is 10.6. The summed E-state index contributed by atoms with van der Waals surface area (Å²) in [5.74, 6) is 0.748. The second-order valence-electron chi connectivity index (χ2n) is 4.13. The molecule has 90 valence electrons. The summed E-state index contributed by atoms with van der Waals surface area (Å²) >= 11 is 0. The molecular formula is C13H13N5. The zero-order chi connectivity index (χ0) is 12.5. The van der Waals surface area contributed by atoms with Crippen LogP contribution in [0.2, 0.25) is 0 Å². The molecular weight excluding hydrogens is 226 g/mol. The number of nitrogens with two attached hydrogens (primary N) is 1. The fourth-order valence-corrected chi connectivity index (χ4v) is 1.86. The summed E-state index contributed by atoms with van der Waals surface area (Å²) in [6, 6.07) is 9.47. The molecule has 3 rings (SSSR count). The Morgan fingerprint density at radius 1 is 1.11 bits per heavy atom. The summed E-state index contributed by atoms with van der Waals surface area (Å²) in [6.07, 6.45) is 3.55. The van der Waals surface area contributed by atoms with Gasteiger partial charge < -0.3 is 15.6 Å². The van der Waals surface area contributed by atoms with Crippen LogP contribution in [0.1, 0.15) is 0 Å². The minimum absolute atomic E-state index is 0.740. The van der Waals surface area contributed by atoms with Gasteiger partial charge >= 0.3 is 0 Å². The Labute approximate surface area is 104 Å². The Hall–Kier alpha value is -2.56. The maximum absolute atomic E-state index is 5.65. The van der Waals surface area contributed by atoms with Crippen LogP contribution in [0.4, 0.5) is 17.2 Å². The van der Waals surface area contributed by atoms with Crippen LogP contribution >= 0.6 is 0 Å². The zero-order valence-electron chi connectivity index (χ0n) is 9.96. The summed E-state index contributed by atoms with van der Waals surface area (Å²) in [7, 11) is 1.96. The van der Waals surface area contributed by atoms with Gasteiger partial charge in [0.15, 0.2) is 5.82 Å². The fraction of sp³-hybridized carbons (Fsp3) is 0.0769. The van der Waals surface area contributed by atoms with Crippen molar-refractivity contribution in [2.45, 2.75) is 0 Å². The van der Waals surface area contributed by atoms with Gasteiger partial charge in [-0.1, -0.05) is 0 Å². The molecule has 0 saturated heterocycles. The van der Waals surface area contributed by atoms with E-state index in [1.54, 1.807) is 12.5 Å². The lowest BCUT2D eigenvalue weighted by Gasteiger charge is -2.06. The van der Waals surface area contributed by atoms with Gasteiger partial charge in [-0.2, -0.15) is 0 Å². The second-order valence-corrected chi connectivity index (χ2v) is 4.13. The molecule has 2 aromatic heterocycles. The van der Waals surface area contributed by atoms with Gasteiger partial charge in [0.05, 0.1) is 11.8 Å². The monoisotopic (exact) mass is 239 g/mol. The third kappa shape index (κ3) is 1.75. The topological polar surface area (TPSA) is 68.8 Å². The van der Waals surface area contributed by atoms with Crippen LogP contribution in [0.25, 0.3) is 11.0 Å². The first-order valence-corrected chi connectivity index (χ1v) is 5.62. The van der Waals surface area contributed by atoms with Gasteiger partial charge in [0.1, 0.15) is 5.52 Å². The lowest BCUT2D eigenvalue weighted by atomic mass is 10.3. The second kappa shape index (κ2) is 4.03. The molecule has 0 radical (unpaired) electrons. The summed E-state index contributed by atoms with van der Waals surface area (Å²) in [6.45, 7) is 0. The van der Waals surface area contributed by atoms with Crippen molar-refractivity contribution in [1.82, 2.24) is 14.5 Å². The number of aryl methyl sites for hydroxylation is 1. The van der Waals surface area contributed by atoms with E-state index in [2.05, 4.69) is 15.3 Å². The summed E-state index contributed by atoms with van der Waals surface area (Å²) < 4.78 is 1.96. The Morgan fingerprint density at radius 3 is 2.67 bits per heavy atom. The highest BCUT2D eigenvalue weighted by Crippen LogP contribution is 2.22. The fourth-order valence-electron chi connectivity index (χ4n) is 1.86. The first-order valence-electron chi connectivity index (χ1n) is 5.62. The number of hydrogen-bond acceptors (Lipinski definition) is 4. The van der Waals surface area contributed by atoms with Crippen molar-refractivity contribution in [3.8, 4) is 0 Å². The lowest BCUT2D eigenvalue weighted by molar-refractivity contribution is 0.947. The van der Waals surface area contributed by atoms with Gasteiger partial charge in [0.2, 0.25) is 0 Å². The largest absolute Gasteiger partial charge is 0.399 e. The van der Waals surface area contributed by atoms with Crippen molar-refractivity contribution in [2.24, 2.45) is 7.05 Å². The van der Waals surface area contributed by atoms with Crippen molar-refractivity contribution in [3.63, 3.8) is 0 Å². The maximum atomic E-state index is 5.65. The van der Waals surface area contributed by atoms with Crippen LogP contribution in [0.15, 0.2) is 42.9 Å². The Balaban J connectivity index is 2.02. The molecule has 1 aromatic carbocycles. The minimum Gasteiger partial charge on any atom is -0.399 e. The normalized spacial score (nSPS) is 10.7. The summed E-state index contributed by atoms with van der Waals surface area (Å²) in [5, 5.41) is 3.24. The van der Waals surface area contributed by atoms with Crippen LogP contribution in [-0.2, 0) is 7.05 Å². The molecule has 3 N–H and O–H groups in total. The predicted octanol–water partition coefficient (Wildman–Crippen LogP) is 2.29. The van der Waals surface area contributed by atoms with E-state index in [4.69, 9.17) is 5.73 Å². The van der Waals surface area contributed by atoms with E-state index in [-0.39, 0.29) is 0 Å². The van der Waals surface area contributed by atoms with E-state index in [1.807, 2.05) is 41.9 Å². The molecule has 0 aliphatic rings. The van der Waals surface area contributed by atoms with Gasteiger partial charge in [-0.15, -0.1) is 0 Å². The molecule has 2 heterocycles. The number of nitrogen functional groups attached to an aromatic ring is 1. The average Bonchev–Trinajstić information content (AvgIpc) is 2.76. The highest BCUT2D eigenvalue weighted by molar-refractivity contribution is 5.87. The van der Waals surface area contributed by atoms with Crippen LogP contribution in [0.3, 0.4) is 0 Å². The minimum atomic E-state index is 0.740. The molecule has 3 aromatic rings. The summed E-state index contributed by atoms with van der Waals surface area (Å²) in [5.41, 5.74) is 9.24. The van der Waals surface area contributed by atoms with E-state index in [9.17, 15) is 0 Å². The molecule has 0 fully saturated rings. The number of fused-ring (bicyclic) bond motifs is 1. The highest BCUT2D eigenvalue weighted by atomic mass is 15.1. The molecule has 18 heavy (non-hydrogen) atoms. The molecule has 0 aliphatic heterocycles.